The zero-order chi connectivity index (χ0) is 16.2. The Bertz CT molecular complexity index is 663. The van der Waals surface area contributed by atoms with Crippen LogP contribution in [0.1, 0.15) is 48.4 Å². The van der Waals surface area contributed by atoms with Gasteiger partial charge < -0.3 is 4.90 Å². The third kappa shape index (κ3) is 3.99. The lowest BCUT2D eigenvalue weighted by Crippen LogP contribution is -2.39. The summed E-state index contributed by atoms with van der Waals surface area (Å²) in [7, 11) is 0. The number of rotatable bonds is 5. The summed E-state index contributed by atoms with van der Waals surface area (Å²) in [6.45, 7) is 6.49. The van der Waals surface area contributed by atoms with Crippen molar-refractivity contribution < 1.29 is 4.79 Å². The van der Waals surface area contributed by atoms with E-state index in [9.17, 15) is 4.79 Å². The molecule has 0 radical (unpaired) electrons. The van der Waals surface area contributed by atoms with E-state index in [1.54, 1.807) is 11.3 Å². The zero-order valence-electron chi connectivity index (χ0n) is 13.9. The van der Waals surface area contributed by atoms with E-state index in [-0.39, 0.29) is 5.91 Å². The molecule has 3 rings (SSSR count). The molecule has 1 atom stereocenters. The van der Waals surface area contributed by atoms with Crippen molar-refractivity contribution in [2.75, 3.05) is 13.1 Å². The Morgan fingerprint density at radius 3 is 3.04 bits per heavy atom. The summed E-state index contributed by atoms with van der Waals surface area (Å²) in [6, 6.07) is 0. The van der Waals surface area contributed by atoms with Gasteiger partial charge in [0.2, 0.25) is 5.91 Å². The van der Waals surface area contributed by atoms with Gasteiger partial charge in [-0.2, -0.15) is 5.10 Å². The molecular weight excluding hydrogens is 308 g/mol. The molecule has 1 aliphatic rings. The number of likely N-dealkylation sites (tertiary alicyclic amines) is 1. The molecule has 23 heavy (non-hydrogen) atoms. The van der Waals surface area contributed by atoms with Crippen LogP contribution in [0.25, 0.3) is 0 Å². The Hall–Kier alpha value is -1.69. The van der Waals surface area contributed by atoms with Crippen LogP contribution >= 0.6 is 11.3 Å². The molecule has 0 bridgehead atoms. The zero-order valence-corrected chi connectivity index (χ0v) is 14.7. The van der Waals surface area contributed by atoms with Gasteiger partial charge in [0.05, 0.1) is 16.9 Å². The summed E-state index contributed by atoms with van der Waals surface area (Å²) in [5.41, 5.74) is 2.30. The molecule has 1 saturated heterocycles. The fourth-order valence-corrected chi connectivity index (χ4v) is 4.07. The van der Waals surface area contributed by atoms with E-state index in [1.807, 2.05) is 28.9 Å². The molecule has 124 valence electrons. The number of carbonyl (C=O) groups excluding carboxylic acids is 1. The molecule has 2 aromatic heterocycles. The summed E-state index contributed by atoms with van der Waals surface area (Å²) in [6.07, 6.45) is 7.52. The maximum atomic E-state index is 12.5. The Morgan fingerprint density at radius 2 is 2.35 bits per heavy atom. The maximum Gasteiger partial charge on any atom is 0.224 e. The summed E-state index contributed by atoms with van der Waals surface area (Å²) in [4.78, 5) is 19.2. The molecule has 0 saturated carbocycles. The molecule has 6 heteroatoms. The van der Waals surface area contributed by atoms with Crippen molar-refractivity contribution in [3.63, 3.8) is 0 Å². The standard InChI is InChI=1S/C17H24N4OS/c1-3-15-12-23-17(19-15)14-5-4-7-20(11-14)16(22)6-8-21-10-13(2)9-18-21/h9-10,12,14H,3-8,11H2,1-2H3/t14-/m0/s1. The molecule has 1 amide bonds. The van der Waals surface area contributed by atoms with Gasteiger partial charge in [0.1, 0.15) is 0 Å². The average molecular weight is 332 g/mol. The van der Waals surface area contributed by atoms with Crippen LogP contribution in [0, 0.1) is 6.92 Å². The molecule has 2 aromatic rings. The first-order valence-corrected chi connectivity index (χ1v) is 9.24. The average Bonchev–Trinajstić information content (AvgIpc) is 3.21. The monoisotopic (exact) mass is 332 g/mol. The van der Waals surface area contributed by atoms with Crippen LogP contribution in [0.2, 0.25) is 0 Å². The number of nitrogens with zero attached hydrogens (tertiary/aromatic N) is 4. The number of amides is 1. The number of piperidine rings is 1. The highest BCUT2D eigenvalue weighted by Gasteiger charge is 2.26. The first-order chi connectivity index (χ1) is 11.2. The Labute approximate surface area is 141 Å². The highest BCUT2D eigenvalue weighted by atomic mass is 32.1. The molecular formula is C17H24N4OS. The third-order valence-corrected chi connectivity index (χ3v) is 5.43. The lowest BCUT2D eigenvalue weighted by Gasteiger charge is -2.32. The Morgan fingerprint density at radius 1 is 1.48 bits per heavy atom. The van der Waals surface area contributed by atoms with E-state index >= 15 is 0 Å². The molecule has 0 N–H and O–H groups in total. The largest absolute Gasteiger partial charge is 0.342 e. The molecule has 0 spiro atoms. The van der Waals surface area contributed by atoms with Crippen LogP contribution in [-0.4, -0.2) is 38.7 Å². The smallest absolute Gasteiger partial charge is 0.224 e. The first kappa shape index (κ1) is 16.2. The summed E-state index contributed by atoms with van der Waals surface area (Å²) in [5.74, 6) is 0.639. The second-order valence-electron chi connectivity index (χ2n) is 6.24. The number of carbonyl (C=O) groups is 1. The highest BCUT2D eigenvalue weighted by molar-refractivity contribution is 7.09. The van der Waals surface area contributed by atoms with Gasteiger partial charge in [-0.1, -0.05) is 6.92 Å². The van der Waals surface area contributed by atoms with Gasteiger partial charge in [0.25, 0.3) is 0 Å². The van der Waals surface area contributed by atoms with Crippen molar-refractivity contribution in [1.29, 1.82) is 0 Å². The minimum Gasteiger partial charge on any atom is -0.342 e. The highest BCUT2D eigenvalue weighted by Crippen LogP contribution is 2.29. The molecule has 1 fully saturated rings. The van der Waals surface area contributed by atoms with Crippen LogP contribution in [0.3, 0.4) is 0 Å². The number of hydrogen-bond acceptors (Lipinski definition) is 4. The summed E-state index contributed by atoms with van der Waals surface area (Å²) < 4.78 is 1.85. The van der Waals surface area contributed by atoms with E-state index in [0.717, 1.165) is 37.9 Å². The van der Waals surface area contributed by atoms with Crippen molar-refractivity contribution in [3.05, 3.63) is 34.0 Å². The summed E-state index contributed by atoms with van der Waals surface area (Å²) in [5, 5.41) is 7.59. The topological polar surface area (TPSA) is 51.0 Å². The lowest BCUT2D eigenvalue weighted by atomic mass is 9.98. The number of hydrogen-bond donors (Lipinski definition) is 0. The van der Waals surface area contributed by atoms with Crippen LogP contribution in [-0.2, 0) is 17.8 Å². The van der Waals surface area contributed by atoms with Gasteiger partial charge in [-0.15, -0.1) is 11.3 Å². The van der Waals surface area contributed by atoms with E-state index in [4.69, 9.17) is 4.98 Å². The van der Waals surface area contributed by atoms with Crippen molar-refractivity contribution in [1.82, 2.24) is 19.7 Å². The maximum absolute atomic E-state index is 12.5. The normalized spacial score (nSPS) is 18.3. The van der Waals surface area contributed by atoms with Crippen LogP contribution in [0.15, 0.2) is 17.8 Å². The third-order valence-electron chi connectivity index (χ3n) is 4.37. The summed E-state index contributed by atoms with van der Waals surface area (Å²) >= 11 is 1.74. The SMILES string of the molecule is CCc1csc([C@H]2CCCN(C(=O)CCn3cc(C)cn3)C2)n1. The molecule has 3 heterocycles. The van der Waals surface area contributed by atoms with Crippen molar-refractivity contribution >= 4 is 17.2 Å². The van der Waals surface area contributed by atoms with Gasteiger partial charge in [0, 0.05) is 43.5 Å². The van der Waals surface area contributed by atoms with Gasteiger partial charge >= 0.3 is 0 Å². The predicted molar refractivity (Wildman–Crippen MR) is 91.6 cm³/mol. The number of aromatic nitrogens is 3. The molecule has 0 aliphatic carbocycles. The molecule has 5 nitrogen and oxygen atoms in total. The second kappa shape index (κ2) is 7.25. The number of aryl methyl sites for hydroxylation is 3. The van der Waals surface area contributed by atoms with Gasteiger partial charge in [-0.3, -0.25) is 9.48 Å². The predicted octanol–water partition coefficient (Wildman–Crippen LogP) is 3.01. The number of thiazole rings is 1. The minimum absolute atomic E-state index is 0.232. The van der Waals surface area contributed by atoms with Crippen molar-refractivity contribution in [2.24, 2.45) is 0 Å². The Kier molecular flexibility index (Phi) is 5.10. The van der Waals surface area contributed by atoms with Crippen LogP contribution in [0.5, 0.6) is 0 Å². The van der Waals surface area contributed by atoms with Crippen molar-refractivity contribution in [3.8, 4) is 0 Å². The molecule has 0 unspecified atom stereocenters. The second-order valence-corrected chi connectivity index (χ2v) is 7.13. The fraction of sp³-hybridized carbons (Fsp3) is 0.588. The minimum atomic E-state index is 0.232. The first-order valence-electron chi connectivity index (χ1n) is 8.37. The fourth-order valence-electron chi connectivity index (χ4n) is 3.04. The Balaban J connectivity index is 1.55. The van der Waals surface area contributed by atoms with E-state index in [1.165, 1.54) is 10.7 Å². The van der Waals surface area contributed by atoms with Crippen LogP contribution < -0.4 is 0 Å². The van der Waals surface area contributed by atoms with Gasteiger partial charge in [0.15, 0.2) is 0 Å². The van der Waals surface area contributed by atoms with Gasteiger partial charge in [-0.25, -0.2) is 4.98 Å². The van der Waals surface area contributed by atoms with E-state index < -0.39 is 0 Å². The molecule has 0 aromatic carbocycles. The lowest BCUT2D eigenvalue weighted by molar-refractivity contribution is -0.132. The van der Waals surface area contributed by atoms with E-state index in [2.05, 4.69) is 17.4 Å². The van der Waals surface area contributed by atoms with E-state index in [0.29, 0.717) is 18.9 Å². The van der Waals surface area contributed by atoms with Crippen LogP contribution in [0.4, 0.5) is 0 Å². The van der Waals surface area contributed by atoms with Gasteiger partial charge in [-0.05, 0) is 31.7 Å². The quantitative estimate of drug-likeness (QED) is 0.846. The molecule has 1 aliphatic heterocycles. The van der Waals surface area contributed by atoms with Crippen molar-refractivity contribution in [2.45, 2.75) is 52.0 Å².